The lowest BCUT2D eigenvalue weighted by Crippen LogP contribution is -2.48. The highest BCUT2D eigenvalue weighted by Crippen LogP contribution is 2.39. The van der Waals surface area contributed by atoms with Crippen LogP contribution < -0.4 is 5.73 Å². The molecule has 0 saturated carbocycles. The maximum Gasteiger partial charge on any atom is 0.114 e. The van der Waals surface area contributed by atoms with Gasteiger partial charge in [-0.05, 0) is 48.4 Å². The Morgan fingerprint density at radius 1 is 0.897 bits per heavy atom. The van der Waals surface area contributed by atoms with Crippen molar-refractivity contribution in [2.45, 2.75) is 96.6 Å². The van der Waals surface area contributed by atoms with Crippen molar-refractivity contribution in [3.63, 3.8) is 0 Å². The molecule has 6 heteroatoms. The largest absolute Gasteiger partial charge is 0.398 e. The summed E-state index contributed by atoms with van der Waals surface area (Å²) >= 11 is 1.85. The summed E-state index contributed by atoms with van der Waals surface area (Å²) < 4.78 is 27.1. The van der Waals surface area contributed by atoms with E-state index >= 15 is 0 Å². The summed E-state index contributed by atoms with van der Waals surface area (Å²) in [6.07, 6.45) is 7.41. The van der Waals surface area contributed by atoms with Gasteiger partial charge >= 0.3 is 0 Å². The van der Waals surface area contributed by atoms with Gasteiger partial charge in [0.2, 0.25) is 0 Å². The number of hydrogen-bond acceptors (Lipinski definition) is 6. The van der Waals surface area contributed by atoms with E-state index in [0.29, 0.717) is 13.2 Å². The van der Waals surface area contributed by atoms with Crippen LogP contribution in [0.15, 0.2) is 48.5 Å². The molecular weight excluding hydrogens is 506 g/mol. The third-order valence-electron chi connectivity index (χ3n) is 7.40. The summed E-state index contributed by atoms with van der Waals surface area (Å²) in [5.41, 5.74) is 9.60. The molecule has 0 bridgehead atoms. The smallest absolute Gasteiger partial charge is 0.114 e. The average molecular weight is 554 g/mol. The van der Waals surface area contributed by atoms with Crippen LogP contribution in [0.25, 0.3) is 10.1 Å². The van der Waals surface area contributed by atoms with Crippen LogP contribution in [0.2, 0.25) is 0 Å². The molecule has 2 N–H and O–H groups in total. The van der Waals surface area contributed by atoms with Crippen LogP contribution in [0.1, 0.15) is 87.8 Å². The molecule has 3 aromatic rings. The highest BCUT2D eigenvalue weighted by molar-refractivity contribution is 7.19. The Balaban J connectivity index is 1.59. The zero-order chi connectivity index (χ0) is 27.5. The fraction of sp³-hybridized carbons (Fsp3) is 0.576. The standard InChI is InChI=1S/C33H47NO4S/c1-4-7-16-35-23-26-22-30(36-17-8-5-2)33(37-18-9-6-3)32(38-26)28-20-24(14-15-29(28)34)19-27-21-25-12-10-11-13-31(25)39-27/h10-15,20-21,26,30,32-33H,4-9,16-19,22-23,34H2,1-3H3/t26-,30-,32-,33+/m0/s1. The van der Waals surface area contributed by atoms with Crippen LogP contribution in [-0.4, -0.2) is 44.7 Å². The predicted octanol–water partition coefficient (Wildman–Crippen LogP) is 8.09. The van der Waals surface area contributed by atoms with Gasteiger partial charge in [-0.15, -0.1) is 11.3 Å². The first-order chi connectivity index (χ1) is 19.1. The van der Waals surface area contributed by atoms with Gasteiger partial charge in [0.15, 0.2) is 0 Å². The number of thiophene rings is 1. The number of nitrogens with two attached hydrogens (primary N) is 1. The number of ether oxygens (including phenoxy) is 4. The van der Waals surface area contributed by atoms with Gasteiger partial charge < -0.3 is 24.7 Å². The zero-order valence-electron chi connectivity index (χ0n) is 24.0. The number of rotatable bonds is 16. The van der Waals surface area contributed by atoms with Crippen molar-refractivity contribution in [1.82, 2.24) is 0 Å². The molecule has 2 heterocycles. The summed E-state index contributed by atoms with van der Waals surface area (Å²) in [6, 6.07) is 17.3. The van der Waals surface area contributed by atoms with Gasteiger partial charge in [0.05, 0.1) is 18.8 Å². The first kappa shape index (κ1) is 30.0. The second-order valence-corrected chi connectivity index (χ2v) is 11.9. The Bertz CT molecular complexity index is 1100. The third kappa shape index (κ3) is 8.51. The van der Waals surface area contributed by atoms with Gasteiger partial charge in [0, 0.05) is 53.5 Å². The summed E-state index contributed by atoms with van der Waals surface area (Å²) in [6.45, 7) is 9.30. The van der Waals surface area contributed by atoms with Crippen molar-refractivity contribution in [3.8, 4) is 0 Å². The molecule has 0 radical (unpaired) electrons. The zero-order valence-corrected chi connectivity index (χ0v) is 24.8. The Morgan fingerprint density at radius 3 is 2.41 bits per heavy atom. The van der Waals surface area contributed by atoms with Gasteiger partial charge in [-0.3, -0.25) is 0 Å². The Labute approximate surface area is 239 Å². The molecule has 1 fully saturated rings. The first-order valence-electron chi connectivity index (χ1n) is 14.9. The molecule has 0 aliphatic carbocycles. The van der Waals surface area contributed by atoms with Crippen molar-refractivity contribution in [2.75, 3.05) is 32.2 Å². The summed E-state index contributed by atoms with van der Waals surface area (Å²) in [7, 11) is 0. The van der Waals surface area contributed by atoms with Crippen LogP contribution in [0.4, 0.5) is 5.69 Å². The lowest BCUT2D eigenvalue weighted by atomic mass is 9.90. The van der Waals surface area contributed by atoms with Gasteiger partial charge in [-0.1, -0.05) is 70.4 Å². The quantitative estimate of drug-likeness (QED) is 0.143. The topological polar surface area (TPSA) is 62.9 Å². The minimum atomic E-state index is -0.302. The molecule has 1 saturated heterocycles. The second kappa shape index (κ2) is 15.7. The number of benzene rings is 2. The maximum atomic E-state index is 6.76. The predicted molar refractivity (Wildman–Crippen MR) is 163 cm³/mol. The Hall–Kier alpha value is -1.96. The monoisotopic (exact) mass is 553 g/mol. The van der Waals surface area contributed by atoms with E-state index in [2.05, 4.69) is 63.2 Å². The van der Waals surface area contributed by atoms with E-state index in [1.54, 1.807) is 0 Å². The molecule has 1 aromatic heterocycles. The second-order valence-electron chi connectivity index (χ2n) is 10.7. The maximum absolute atomic E-state index is 6.76. The molecule has 4 rings (SSSR count). The molecular formula is C33H47NO4S. The molecule has 0 unspecified atom stereocenters. The fourth-order valence-corrected chi connectivity index (χ4v) is 6.25. The molecule has 0 spiro atoms. The van der Waals surface area contributed by atoms with Gasteiger partial charge in [0.1, 0.15) is 12.2 Å². The van der Waals surface area contributed by atoms with Crippen molar-refractivity contribution in [1.29, 1.82) is 0 Å². The van der Waals surface area contributed by atoms with E-state index < -0.39 is 0 Å². The van der Waals surface area contributed by atoms with Crippen LogP contribution >= 0.6 is 11.3 Å². The molecule has 1 aliphatic heterocycles. The average Bonchev–Trinajstić information content (AvgIpc) is 3.35. The molecule has 39 heavy (non-hydrogen) atoms. The molecule has 4 atom stereocenters. The van der Waals surface area contributed by atoms with E-state index in [0.717, 1.165) is 75.8 Å². The lowest BCUT2D eigenvalue weighted by molar-refractivity contribution is -0.213. The first-order valence-corrected chi connectivity index (χ1v) is 15.8. The highest BCUT2D eigenvalue weighted by atomic mass is 32.1. The van der Waals surface area contributed by atoms with E-state index in [1.165, 1.54) is 20.5 Å². The highest BCUT2D eigenvalue weighted by Gasteiger charge is 2.42. The number of anilines is 1. The van der Waals surface area contributed by atoms with Crippen molar-refractivity contribution in [2.24, 2.45) is 0 Å². The fourth-order valence-electron chi connectivity index (χ4n) is 5.15. The van der Waals surface area contributed by atoms with E-state index in [-0.39, 0.29) is 24.4 Å². The van der Waals surface area contributed by atoms with Crippen molar-refractivity contribution < 1.29 is 18.9 Å². The summed E-state index contributed by atoms with van der Waals surface area (Å²) in [5.74, 6) is 0. The number of nitrogen functional groups attached to an aromatic ring is 1. The van der Waals surface area contributed by atoms with Gasteiger partial charge in [-0.2, -0.15) is 0 Å². The van der Waals surface area contributed by atoms with Crippen molar-refractivity contribution >= 4 is 27.1 Å². The Morgan fingerprint density at radius 2 is 1.64 bits per heavy atom. The van der Waals surface area contributed by atoms with Gasteiger partial charge in [0.25, 0.3) is 0 Å². The van der Waals surface area contributed by atoms with E-state index in [9.17, 15) is 0 Å². The third-order valence-corrected chi connectivity index (χ3v) is 8.51. The molecule has 2 aromatic carbocycles. The minimum Gasteiger partial charge on any atom is -0.398 e. The number of hydrogen-bond donors (Lipinski definition) is 1. The van der Waals surface area contributed by atoms with E-state index in [1.807, 2.05) is 17.4 Å². The number of unbranched alkanes of at least 4 members (excludes halogenated alkanes) is 3. The molecule has 0 amide bonds. The van der Waals surface area contributed by atoms with Gasteiger partial charge in [-0.25, -0.2) is 0 Å². The van der Waals surface area contributed by atoms with Crippen LogP contribution in [0, 0.1) is 0 Å². The molecule has 1 aliphatic rings. The SMILES string of the molecule is CCCCOC[C@@H]1C[C@H](OCCCC)[C@@H](OCCCC)[C@H](c2cc(Cc3cc4ccccc4s3)ccc2N)O1. The number of fused-ring (bicyclic) bond motifs is 1. The van der Waals surface area contributed by atoms with Crippen LogP contribution in [-0.2, 0) is 25.4 Å². The normalized spacial score (nSPS) is 21.5. The van der Waals surface area contributed by atoms with E-state index in [4.69, 9.17) is 24.7 Å². The van der Waals surface area contributed by atoms with Crippen molar-refractivity contribution in [3.05, 3.63) is 64.5 Å². The molecule has 214 valence electrons. The van der Waals surface area contributed by atoms with Crippen LogP contribution in [0.5, 0.6) is 0 Å². The Kier molecular flexibility index (Phi) is 12.1. The molecule has 5 nitrogen and oxygen atoms in total. The van der Waals surface area contributed by atoms with Crippen LogP contribution in [0.3, 0.4) is 0 Å². The summed E-state index contributed by atoms with van der Waals surface area (Å²) in [5, 5.41) is 1.30. The lowest BCUT2D eigenvalue weighted by Gasteiger charge is -2.42. The summed E-state index contributed by atoms with van der Waals surface area (Å²) in [4.78, 5) is 1.34. The minimum absolute atomic E-state index is 0.0578.